The van der Waals surface area contributed by atoms with Crippen LogP contribution < -0.4 is 5.32 Å². The van der Waals surface area contributed by atoms with E-state index in [-0.39, 0.29) is 0 Å². The minimum Gasteiger partial charge on any atom is -0.312 e. The Morgan fingerprint density at radius 3 is 2.89 bits per heavy atom. The molecule has 1 aromatic heterocycles. The molecule has 1 aliphatic heterocycles. The number of hydrogen-bond donors (Lipinski definition) is 1. The van der Waals surface area contributed by atoms with Crippen molar-refractivity contribution in [3.8, 4) is 0 Å². The highest BCUT2D eigenvalue weighted by Gasteiger charge is 2.23. The topological polar surface area (TPSA) is 29.9 Å². The van der Waals surface area contributed by atoms with E-state index in [2.05, 4.69) is 56.8 Å². The first-order valence-electron chi connectivity index (χ1n) is 6.72. The van der Waals surface area contributed by atoms with Crippen molar-refractivity contribution in [1.82, 2.24) is 15.1 Å². The second-order valence-electron chi connectivity index (χ2n) is 4.83. The Kier molecular flexibility index (Phi) is 5.57. The van der Waals surface area contributed by atoms with Crippen LogP contribution in [0.15, 0.2) is 10.7 Å². The highest BCUT2D eigenvalue weighted by atomic mass is 79.9. The number of hydrogen-bond acceptors (Lipinski definition) is 3. The Morgan fingerprint density at radius 2 is 2.28 bits per heavy atom. The zero-order chi connectivity index (χ0) is 13.0. The molecule has 5 heteroatoms. The number of halogens is 1. The van der Waals surface area contributed by atoms with Crippen molar-refractivity contribution in [3.63, 3.8) is 0 Å². The molecular formula is C13H22BrN3S. The third kappa shape index (κ3) is 3.31. The molecule has 1 saturated heterocycles. The second-order valence-corrected chi connectivity index (χ2v) is 6.91. The zero-order valence-corrected chi connectivity index (χ0v) is 13.6. The summed E-state index contributed by atoms with van der Waals surface area (Å²) in [5.74, 6) is 3.51. The van der Waals surface area contributed by atoms with Crippen LogP contribution in [0.1, 0.15) is 37.9 Å². The minimum atomic E-state index is 0.412. The second kappa shape index (κ2) is 6.96. The smallest absolute Gasteiger partial charge is 0.0695 e. The lowest BCUT2D eigenvalue weighted by atomic mass is 9.93. The summed E-state index contributed by atoms with van der Waals surface area (Å²) < 4.78 is 3.23. The van der Waals surface area contributed by atoms with E-state index < -0.39 is 0 Å². The molecule has 1 aromatic rings. The molecule has 2 heterocycles. The van der Waals surface area contributed by atoms with Gasteiger partial charge in [0.2, 0.25) is 0 Å². The number of thioether (sulfide) groups is 1. The van der Waals surface area contributed by atoms with Gasteiger partial charge >= 0.3 is 0 Å². The maximum atomic E-state index is 4.42. The normalized spacial score (nSPS) is 19.1. The Hall–Kier alpha value is -0.0000000000000000763. The fourth-order valence-electron chi connectivity index (χ4n) is 2.65. The van der Waals surface area contributed by atoms with Crippen molar-refractivity contribution < 1.29 is 0 Å². The summed E-state index contributed by atoms with van der Waals surface area (Å²) in [5, 5.41) is 7.89. The molecule has 0 aliphatic carbocycles. The van der Waals surface area contributed by atoms with Crippen molar-refractivity contribution in [2.75, 3.05) is 18.6 Å². The van der Waals surface area contributed by atoms with E-state index in [4.69, 9.17) is 0 Å². The van der Waals surface area contributed by atoms with Gasteiger partial charge in [0.15, 0.2) is 0 Å². The fraction of sp³-hybridized carbons (Fsp3) is 0.769. The molecule has 1 fully saturated rings. The van der Waals surface area contributed by atoms with Gasteiger partial charge in [0, 0.05) is 6.54 Å². The van der Waals surface area contributed by atoms with E-state index in [9.17, 15) is 0 Å². The molecule has 18 heavy (non-hydrogen) atoms. The van der Waals surface area contributed by atoms with Crippen LogP contribution in [0.5, 0.6) is 0 Å². The molecule has 0 radical (unpaired) electrons. The highest BCUT2D eigenvalue weighted by molar-refractivity contribution is 9.10. The zero-order valence-electron chi connectivity index (χ0n) is 11.2. The number of nitrogens with one attached hydrogen (secondary N) is 1. The van der Waals surface area contributed by atoms with Crippen LogP contribution in [0, 0.1) is 5.92 Å². The van der Waals surface area contributed by atoms with Crippen LogP contribution in [0.3, 0.4) is 0 Å². The molecule has 3 nitrogen and oxygen atoms in total. The van der Waals surface area contributed by atoms with E-state index in [1.165, 1.54) is 36.5 Å². The monoisotopic (exact) mass is 331 g/mol. The van der Waals surface area contributed by atoms with E-state index in [1.54, 1.807) is 0 Å². The van der Waals surface area contributed by atoms with Gasteiger partial charge in [0.25, 0.3) is 0 Å². The van der Waals surface area contributed by atoms with Crippen LogP contribution in [0.4, 0.5) is 0 Å². The van der Waals surface area contributed by atoms with Crippen LogP contribution >= 0.6 is 27.7 Å². The summed E-state index contributed by atoms with van der Waals surface area (Å²) in [4.78, 5) is 0. The van der Waals surface area contributed by atoms with Crippen LogP contribution in [-0.2, 0) is 6.54 Å². The van der Waals surface area contributed by atoms with Crippen LogP contribution in [0.2, 0.25) is 0 Å². The van der Waals surface area contributed by atoms with E-state index in [1.807, 2.05) is 6.20 Å². The average Bonchev–Trinajstić information content (AvgIpc) is 2.78. The van der Waals surface area contributed by atoms with E-state index >= 15 is 0 Å². The van der Waals surface area contributed by atoms with Crippen molar-refractivity contribution in [1.29, 1.82) is 0 Å². The minimum absolute atomic E-state index is 0.412. The van der Waals surface area contributed by atoms with Crippen LogP contribution in [0.25, 0.3) is 0 Å². The predicted molar refractivity (Wildman–Crippen MR) is 82.1 cm³/mol. The molecule has 0 bridgehead atoms. The van der Waals surface area contributed by atoms with Gasteiger partial charge in [0.1, 0.15) is 0 Å². The van der Waals surface area contributed by atoms with Crippen molar-refractivity contribution in [2.24, 2.45) is 5.92 Å². The molecule has 102 valence electrons. The van der Waals surface area contributed by atoms with Gasteiger partial charge < -0.3 is 5.32 Å². The molecule has 0 spiro atoms. The van der Waals surface area contributed by atoms with Gasteiger partial charge in [-0.2, -0.15) is 16.9 Å². The summed E-state index contributed by atoms with van der Waals surface area (Å²) in [6.07, 6.45) is 5.86. The highest BCUT2D eigenvalue weighted by Crippen LogP contribution is 2.33. The molecular weight excluding hydrogens is 310 g/mol. The summed E-state index contributed by atoms with van der Waals surface area (Å²) in [7, 11) is 2.06. The number of rotatable bonds is 5. The number of aryl methyl sites for hydroxylation is 1. The SMILES string of the molecule is CCn1ncc(Br)c1C(CC1CCSCC1)NC. The Bertz CT molecular complexity index is 374. The lowest BCUT2D eigenvalue weighted by Gasteiger charge is -2.26. The average molecular weight is 332 g/mol. The van der Waals surface area contributed by atoms with Crippen molar-refractivity contribution in [2.45, 2.75) is 38.8 Å². The standard InChI is InChI=1S/C13H22BrN3S/c1-3-17-13(11(14)9-16-17)12(15-2)8-10-4-6-18-7-5-10/h9-10,12,15H,3-8H2,1-2H3. The number of aromatic nitrogens is 2. The van der Waals surface area contributed by atoms with Crippen LogP contribution in [-0.4, -0.2) is 28.3 Å². The van der Waals surface area contributed by atoms with Gasteiger partial charge in [-0.15, -0.1) is 0 Å². The lowest BCUT2D eigenvalue weighted by molar-refractivity contribution is 0.368. The molecule has 2 rings (SSSR count). The summed E-state index contributed by atoms with van der Waals surface area (Å²) >= 11 is 5.73. The maximum Gasteiger partial charge on any atom is 0.0695 e. The Balaban J connectivity index is 2.09. The molecule has 1 unspecified atom stereocenters. The van der Waals surface area contributed by atoms with Gasteiger partial charge in [-0.25, -0.2) is 0 Å². The first-order valence-corrected chi connectivity index (χ1v) is 8.67. The third-order valence-electron chi connectivity index (χ3n) is 3.72. The molecule has 0 amide bonds. The first-order chi connectivity index (χ1) is 8.76. The quantitative estimate of drug-likeness (QED) is 0.896. The van der Waals surface area contributed by atoms with Gasteiger partial charge in [0.05, 0.1) is 22.4 Å². The molecule has 1 aliphatic rings. The molecule has 1 N–H and O–H groups in total. The lowest BCUT2D eigenvalue weighted by Crippen LogP contribution is -2.25. The molecule has 1 atom stereocenters. The Labute approximate surface area is 122 Å². The molecule has 0 aromatic carbocycles. The first kappa shape index (κ1) is 14.4. The maximum absolute atomic E-state index is 4.42. The summed E-state index contributed by atoms with van der Waals surface area (Å²) in [5.41, 5.74) is 1.30. The summed E-state index contributed by atoms with van der Waals surface area (Å²) in [6, 6.07) is 0.412. The van der Waals surface area contributed by atoms with Gasteiger partial charge in [-0.3, -0.25) is 4.68 Å². The van der Waals surface area contributed by atoms with Crippen molar-refractivity contribution >= 4 is 27.7 Å². The largest absolute Gasteiger partial charge is 0.312 e. The number of nitrogens with zero attached hydrogens (tertiary/aromatic N) is 2. The fourth-order valence-corrected chi connectivity index (χ4v) is 4.43. The third-order valence-corrected chi connectivity index (χ3v) is 5.38. The van der Waals surface area contributed by atoms with E-state index in [0.29, 0.717) is 6.04 Å². The molecule has 0 saturated carbocycles. The Morgan fingerprint density at radius 1 is 1.56 bits per heavy atom. The van der Waals surface area contributed by atoms with E-state index in [0.717, 1.165) is 16.9 Å². The van der Waals surface area contributed by atoms with Crippen molar-refractivity contribution in [3.05, 3.63) is 16.4 Å². The van der Waals surface area contributed by atoms with Gasteiger partial charge in [-0.1, -0.05) is 0 Å². The summed E-state index contributed by atoms with van der Waals surface area (Å²) in [6.45, 7) is 3.08. The van der Waals surface area contributed by atoms with Gasteiger partial charge in [-0.05, 0) is 66.6 Å². The predicted octanol–water partition coefficient (Wildman–Crippen LogP) is 3.46.